The zero-order valence-electron chi connectivity index (χ0n) is 12.9. The number of aromatic nitrogens is 2. The minimum Gasteiger partial charge on any atom is -0.454 e. The Kier molecular flexibility index (Phi) is 3.59. The van der Waals surface area contributed by atoms with Crippen molar-refractivity contribution in [2.75, 3.05) is 10.6 Å². The molecule has 0 aliphatic carbocycles. The van der Waals surface area contributed by atoms with E-state index in [1.165, 1.54) is 18.6 Å². The highest BCUT2D eigenvalue weighted by Crippen LogP contribution is 2.36. The third-order valence-corrected chi connectivity index (χ3v) is 3.63. The fourth-order valence-corrected chi connectivity index (χ4v) is 2.45. The summed E-state index contributed by atoms with van der Waals surface area (Å²) in [5.74, 6) is 0.257. The maximum Gasteiger partial charge on any atom is 0.275 e. The van der Waals surface area contributed by atoms with Gasteiger partial charge in [-0.3, -0.25) is 14.6 Å². The van der Waals surface area contributed by atoms with Crippen molar-refractivity contribution in [3.63, 3.8) is 0 Å². The summed E-state index contributed by atoms with van der Waals surface area (Å²) in [5, 5.41) is 5.49. The van der Waals surface area contributed by atoms with E-state index in [2.05, 4.69) is 20.6 Å². The summed E-state index contributed by atoms with van der Waals surface area (Å²) in [6, 6.07) is 12.0. The Balaban J connectivity index is 1.63. The molecule has 2 amide bonds. The molecule has 3 aromatic rings. The fourth-order valence-electron chi connectivity index (χ4n) is 2.45. The molecule has 0 fully saturated rings. The van der Waals surface area contributed by atoms with E-state index in [9.17, 15) is 9.59 Å². The van der Waals surface area contributed by atoms with Crippen molar-refractivity contribution in [1.29, 1.82) is 0 Å². The van der Waals surface area contributed by atoms with E-state index in [1.54, 1.807) is 30.3 Å². The Labute approximate surface area is 142 Å². The minimum absolute atomic E-state index is 0.186. The topological polar surface area (TPSA) is 93.2 Å². The van der Waals surface area contributed by atoms with Crippen molar-refractivity contribution in [1.82, 2.24) is 9.97 Å². The Morgan fingerprint density at radius 3 is 2.80 bits per heavy atom. The van der Waals surface area contributed by atoms with Gasteiger partial charge >= 0.3 is 0 Å². The molecule has 7 nitrogen and oxygen atoms in total. The van der Waals surface area contributed by atoms with Gasteiger partial charge in [0, 0.05) is 18.1 Å². The lowest BCUT2D eigenvalue weighted by Gasteiger charge is -2.09. The number of fused-ring (bicyclic) bond motifs is 2. The van der Waals surface area contributed by atoms with Crippen molar-refractivity contribution in [3.8, 4) is 11.5 Å². The molecular weight excluding hydrogens is 320 g/mol. The first kappa shape index (κ1) is 14.8. The van der Waals surface area contributed by atoms with E-state index >= 15 is 0 Å². The summed E-state index contributed by atoms with van der Waals surface area (Å²) in [5.41, 5.74) is 1.56. The van der Waals surface area contributed by atoms with Gasteiger partial charge in [-0.2, -0.15) is 0 Å². The number of hydrogen-bond acceptors (Lipinski definition) is 5. The molecule has 2 aromatic carbocycles. The molecule has 7 heteroatoms. The zero-order chi connectivity index (χ0) is 17.2. The predicted octanol–water partition coefficient (Wildman–Crippen LogP) is 3.09. The summed E-state index contributed by atoms with van der Waals surface area (Å²) < 4.78 is 5.80. The van der Waals surface area contributed by atoms with Gasteiger partial charge in [-0.15, -0.1) is 0 Å². The SMILES string of the molecule is O=C(Nc1ccc2c(c1)C(=O)Nc1ccccc1O2)c1cnccn1. The van der Waals surface area contributed by atoms with Crippen molar-refractivity contribution >= 4 is 23.2 Å². The second-order valence-electron chi connectivity index (χ2n) is 5.31. The van der Waals surface area contributed by atoms with Crippen molar-refractivity contribution < 1.29 is 14.3 Å². The Bertz CT molecular complexity index is 973. The molecule has 0 spiro atoms. The van der Waals surface area contributed by atoms with E-state index in [4.69, 9.17) is 4.74 Å². The lowest BCUT2D eigenvalue weighted by molar-refractivity contribution is 0.101. The normalized spacial score (nSPS) is 12.1. The van der Waals surface area contributed by atoms with E-state index in [0.29, 0.717) is 28.4 Å². The molecule has 0 unspecified atom stereocenters. The number of anilines is 2. The first-order valence-electron chi connectivity index (χ1n) is 7.50. The van der Waals surface area contributed by atoms with Gasteiger partial charge in [0.1, 0.15) is 11.4 Å². The molecule has 4 rings (SSSR count). The molecule has 0 radical (unpaired) electrons. The number of hydrogen-bond donors (Lipinski definition) is 2. The third kappa shape index (κ3) is 2.90. The number of nitrogens with one attached hydrogen (secondary N) is 2. The van der Waals surface area contributed by atoms with Gasteiger partial charge in [0.25, 0.3) is 11.8 Å². The lowest BCUT2D eigenvalue weighted by atomic mass is 10.1. The monoisotopic (exact) mass is 332 g/mol. The minimum atomic E-state index is -0.411. The van der Waals surface area contributed by atoms with Crippen LogP contribution in [-0.2, 0) is 0 Å². The summed E-state index contributed by atoms with van der Waals surface area (Å²) in [6.07, 6.45) is 4.29. The summed E-state index contributed by atoms with van der Waals surface area (Å²) in [7, 11) is 0. The van der Waals surface area contributed by atoms with Gasteiger partial charge in [-0.1, -0.05) is 12.1 Å². The first-order chi connectivity index (χ1) is 12.2. The Hall–Kier alpha value is -3.74. The average molecular weight is 332 g/mol. The summed E-state index contributed by atoms with van der Waals surface area (Å²) >= 11 is 0. The quantitative estimate of drug-likeness (QED) is 0.752. The van der Waals surface area contributed by atoms with E-state index in [-0.39, 0.29) is 11.6 Å². The Morgan fingerprint density at radius 1 is 1.08 bits per heavy atom. The van der Waals surface area contributed by atoms with Gasteiger partial charge in [-0.25, -0.2) is 4.98 Å². The highest BCUT2D eigenvalue weighted by molar-refractivity contribution is 6.09. The van der Waals surface area contributed by atoms with Gasteiger partial charge in [0.05, 0.1) is 17.4 Å². The molecule has 2 N–H and O–H groups in total. The van der Waals surface area contributed by atoms with Crippen molar-refractivity contribution in [2.24, 2.45) is 0 Å². The molecular formula is C18H12N4O3. The highest BCUT2D eigenvalue weighted by atomic mass is 16.5. The number of nitrogens with zero attached hydrogens (tertiary/aromatic N) is 2. The second kappa shape index (κ2) is 6.04. The average Bonchev–Trinajstić information content (AvgIpc) is 2.78. The highest BCUT2D eigenvalue weighted by Gasteiger charge is 2.21. The lowest BCUT2D eigenvalue weighted by Crippen LogP contribution is -2.15. The van der Waals surface area contributed by atoms with E-state index < -0.39 is 5.91 Å². The number of rotatable bonds is 2. The second-order valence-corrected chi connectivity index (χ2v) is 5.31. The van der Waals surface area contributed by atoms with Crippen LogP contribution in [0.3, 0.4) is 0 Å². The maximum absolute atomic E-state index is 12.5. The number of amides is 2. The van der Waals surface area contributed by atoms with Crippen LogP contribution in [0.2, 0.25) is 0 Å². The molecule has 122 valence electrons. The van der Waals surface area contributed by atoms with Crippen LogP contribution in [0.4, 0.5) is 11.4 Å². The van der Waals surface area contributed by atoms with Crippen LogP contribution >= 0.6 is 0 Å². The van der Waals surface area contributed by atoms with Gasteiger partial charge in [-0.05, 0) is 30.3 Å². The van der Waals surface area contributed by atoms with Gasteiger partial charge in [0.15, 0.2) is 5.75 Å². The number of carbonyl (C=O) groups is 2. The standard InChI is InChI=1S/C18H12N4O3/c23-17-12-9-11(21-18(24)14-10-19-7-8-20-14)5-6-15(12)25-16-4-2-1-3-13(16)22-17/h1-10H,(H,21,24)(H,22,23). The van der Waals surface area contributed by atoms with Gasteiger partial charge in [0.2, 0.25) is 0 Å². The van der Waals surface area contributed by atoms with Gasteiger partial charge < -0.3 is 15.4 Å². The molecule has 0 saturated heterocycles. The molecule has 1 aromatic heterocycles. The molecule has 0 saturated carbocycles. The molecule has 1 aliphatic rings. The number of para-hydroxylation sites is 2. The van der Waals surface area contributed by atoms with Crippen LogP contribution in [0, 0.1) is 0 Å². The first-order valence-corrected chi connectivity index (χ1v) is 7.50. The van der Waals surface area contributed by atoms with Crippen LogP contribution in [0.5, 0.6) is 11.5 Å². The third-order valence-electron chi connectivity index (χ3n) is 3.63. The summed E-state index contributed by atoms with van der Waals surface area (Å²) in [4.78, 5) is 32.4. The number of ether oxygens (including phenoxy) is 1. The number of benzene rings is 2. The van der Waals surface area contributed by atoms with Crippen LogP contribution in [0.15, 0.2) is 61.1 Å². The van der Waals surface area contributed by atoms with Crippen molar-refractivity contribution in [3.05, 3.63) is 72.3 Å². The molecule has 2 heterocycles. The molecule has 0 bridgehead atoms. The summed E-state index contributed by atoms with van der Waals surface area (Å²) in [6.45, 7) is 0. The van der Waals surface area contributed by atoms with E-state index in [1.807, 2.05) is 12.1 Å². The van der Waals surface area contributed by atoms with E-state index in [0.717, 1.165) is 0 Å². The molecule has 25 heavy (non-hydrogen) atoms. The number of carbonyl (C=O) groups excluding carboxylic acids is 2. The fraction of sp³-hybridized carbons (Fsp3) is 0. The largest absolute Gasteiger partial charge is 0.454 e. The zero-order valence-corrected chi connectivity index (χ0v) is 12.9. The van der Waals surface area contributed by atoms with Crippen LogP contribution < -0.4 is 15.4 Å². The Morgan fingerprint density at radius 2 is 1.96 bits per heavy atom. The smallest absolute Gasteiger partial charge is 0.275 e. The van der Waals surface area contributed by atoms with Crippen LogP contribution in [0.25, 0.3) is 0 Å². The van der Waals surface area contributed by atoms with Crippen LogP contribution in [-0.4, -0.2) is 21.8 Å². The van der Waals surface area contributed by atoms with Crippen molar-refractivity contribution in [2.45, 2.75) is 0 Å². The van der Waals surface area contributed by atoms with Crippen LogP contribution in [0.1, 0.15) is 20.8 Å². The predicted molar refractivity (Wildman–Crippen MR) is 90.9 cm³/mol. The molecule has 1 aliphatic heterocycles. The molecule has 0 atom stereocenters. The maximum atomic E-state index is 12.5.